The number of hydrogen-bond donors (Lipinski definition) is 1. The second-order valence-electron chi connectivity index (χ2n) is 6.25. The zero-order valence-corrected chi connectivity index (χ0v) is 12.0. The minimum atomic E-state index is 0.299. The molecule has 1 aliphatic carbocycles. The molecule has 2 aliphatic rings. The lowest BCUT2D eigenvalue weighted by Gasteiger charge is -2.33. The van der Waals surface area contributed by atoms with Gasteiger partial charge in [0, 0.05) is 11.5 Å². The van der Waals surface area contributed by atoms with Crippen molar-refractivity contribution in [2.45, 2.75) is 31.7 Å². The third-order valence-corrected chi connectivity index (χ3v) is 4.64. The maximum Gasteiger partial charge on any atom is 0.122 e. The normalized spacial score (nSPS) is 21.7. The largest absolute Gasteiger partial charge is 0.493 e. The SMILES string of the molecule is CN(C)C(c1ccc2c(c1)CCCO2)C1(CN)CC1. The van der Waals surface area contributed by atoms with E-state index >= 15 is 0 Å². The lowest BCUT2D eigenvalue weighted by atomic mass is 9.87. The summed E-state index contributed by atoms with van der Waals surface area (Å²) < 4.78 is 5.71. The Labute approximate surface area is 115 Å². The number of nitrogens with two attached hydrogens (primary N) is 1. The molecular weight excluding hydrogens is 236 g/mol. The molecule has 1 aliphatic heterocycles. The van der Waals surface area contributed by atoms with Crippen molar-refractivity contribution in [1.82, 2.24) is 4.90 Å². The standard InChI is InChI=1S/C16H24N2O/c1-18(2)15(16(11-17)7-8-16)13-5-6-14-12(10-13)4-3-9-19-14/h5-6,10,15H,3-4,7-9,11,17H2,1-2H3. The van der Waals surface area contributed by atoms with Crippen LogP contribution in [-0.4, -0.2) is 32.1 Å². The van der Waals surface area contributed by atoms with Crippen molar-refractivity contribution in [3.63, 3.8) is 0 Å². The van der Waals surface area contributed by atoms with Crippen LogP contribution in [0.3, 0.4) is 0 Å². The minimum Gasteiger partial charge on any atom is -0.493 e. The Morgan fingerprint density at radius 1 is 1.37 bits per heavy atom. The molecule has 0 saturated heterocycles. The van der Waals surface area contributed by atoms with Crippen LogP contribution in [0.1, 0.15) is 36.4 Å². The number of aryl methyl sites for hydroxylation is 1. The lowest BCUT2D eigenvalue weighted by molar-refractivity contribution is 0.198. The van der Waals surface area contributed by atoms with E-state index in [1.807, 2.05) is 0 Å². The highest BCUT2D eigenvalue weighted by atomic mass is 16.5. The molecule has 1 unspecified atom stereocenters. The zero-order chi connectivity index (χ0) is 13.5. The average molecular weight is 260 g/mol. The summed E-state index contributed by atoms with van der Waals surface area (Å²) in [5, 5.41) is 0. The molecule has 19 heavy (non-hydrogen) atoms. The van der Waals surface area contributed by atoms with Gasteiger partial charge < -0.3 is 15.4 Å². The quantitative estimate of drug-likeness (QED) is 0.903. The Morgan fingerprint density at radius 2 is 2.16 bits per heavy atom. The zero-order valence-electron chi connectivity index (χ0n) is 12.0. The number of benzene rings is 1. The van der Waals surface area contributed by atoms with Crippen molar-refractivity contribution in [2.75, 3.05) is 27.2 Å². The molecule has 1 atom stereocenters. The molecule has 0 amide bonds. The smallest absolute Gasteiger partial charge is 0.122 e. The van der Waals surface area contributed by atoms with Crippen LogP contribution in [0.4, 0.5) is 0 Å². The maximum atomic E-state index is 6.03. The predicted molar refractivity (Wildman–Crippen MR) is 77.4 cm³/mol. The summed E-state index contributed by atoms with van der Waals surface area (Å²) in [6, 6.07) is 7.15. The monoisotopic (exact) mass is 260 g/mol. The minimum absolute atomic E-state index is 0.299. The van der Waals surface area contributed by atoms with Gasteiger partial charge in [-0.05, 0) is 63.5 Å². The number of rotatable bonds is 4. The Morgan fingerprint density at radius 3 is 2.79 bits per heavy atom. The molecule has 1 fully saturated rings. The molecule has 0 spiro atoms. The Kier molecular flexibility index (Phi) is 3.27. The summed E-state index contributed by atoms with van der Waals surface area (Å²) >= 11 is 0. The summed E-state index contributed by atoms with van der Waals surface area (Å²) in [6.07, 6.45) is 4.77. The van der Waals surface area contributed by atoms with Crippen molar-refractivity contribution in [1.29, 1.82) is 0 Å². The van der Waals surface area contributed by atoms with Crippen LogP contribution >= 0.6 is 0 Å². The van der Waals surface area contributed by atoms with Gasteiger partial charge >= 0.3 is 0 Å². The van der Waals surface area contributed by atoms with Crippen molar-refractivity contribution >= 4 is 0 Å². The summed E-state index contributed by atoms with van der Waals surface area (Å²) in [5.74, 6) is 1.07. The molecule has 1 aromatic rings. The van der Waals surface area contributed by atoms with Crippen LogP contribution in [0.15, 0.2) is 18.2 Å². The summed E-state index contributed by atoms with van der Waals surface area (Å²) in [6.45, 7) is 1.64. The third kappa shape index (κ3) is 2.26. The topological polar surface area (TPSA) is 38.5 Å². The highest BCUT2D eigenvalue weighted by Crippen LogP contribution is 2.56. The van der Waals surface area contributed by atoms with Gasteiger partial charge in [0.25, 0.3) is 0 Å². The van der Waals surface area contributed by atoms with Gasteiger partial charge in [0.05, 0.1) is 6.61 Å². The summed E-state index contributed by atoms with van der Waals surface area (Å²) in [5.41, 5.74) is 9.09. The van der Waals surface area contributed by atoms with E-state index in [1.165, 1.54) is 24.0 Å². The van der Waals surface area contributed by atoms with E-state index in [0.29, 0.717) is 11.5 Å². The molecule has 3 rings (SSSR count). The maximum absolute atomic E-state index is 6.03. The van der Waals surface area contributed by atoms with Gasteiger partial charge in [0.15, 0.2) is 0 Å². The number of hydrogen-bond acceptors (Lipinski definition) is 3. The van der Waals surface area contributed by atoms with E-state index in [9.17, 15) is 0 Å². The van der Waals surface area contributed by atoms with E-state index in [-0.39, 0.29) is 0 Å². The first-order valence-corrected chi connectivity index (χ1v) is 7.28. The van der Waals surface area contributed by atoms with E-state index in [0.717, 1.165) is 31.7 Å². The van der Waals surface area contributed by atoms with E-state index in [2.05, 4.69) is 37.2 Å². The fourth-order valence-corrected chi connectivity index (χ4v) is 3.50. The summed E-state index contributed by atoms with van der Waals surface area (Å²) in [7, 11) is 4.33. The van der Waals surface area contributed by atoms with Gasteiger partial charge in [0.2, 0.25) is 0 Å². The molecule has 1 aromatic carbocycles. The predicted octanol–water partition coefficient (Wildman–Crippen LogP) is 2.35. The van der Waals surface area contributed by atoms with Gasteiger partial charge in [-0.3, -0.25) is 0 Å². The fourth-order valence-electron chi connectivity index (χ4n) is 3.50. The molecule has 0 bridgehead atoms. The van der Waals surface area contributed by atoms with Crippen molar-refractivity contribution in [3.8, 4) is 5.75 Å². The van der Waals surface area contributed by atoms with Gasteiger partial charge in [-0.15, -0.1) is 0 Å². The second-order valence-corrected chi connectivity index (χ2v) is 6.25. The molecule has 0 radical (unpaired) electrons. The number of ether oxygens (including phenoxy) is 1. The van der Waals surface area contributed by atoms with Crippen LogP contribution in [0.25, 0.3) is 0 Å². The van der Waals surface area contributed by atoms with E-state index in [1.54, 1.807) is 0 Å². The van der Waals surface area contributed by atoms with E-state index in [4.69, 9.17) is 10.5 Å². The Hall–Kier alpha value is -1.06. The average Bonchev–Trinajstić information content (AvgIpc) is 3.19. The number of nitrogens with zero attached hydrogens (tertiary/aromatic N) is 1. The molecule has 3 nitrogen and oxygen atoms in total. The highest BCUT2D eigenvalue weighted by Gasteiger charge is 2.49. The molecule has 1 saturated carbocycles. The highest BCUT2D eigenvalue weighted by molar-refractivity contribution is 5.40. The fraction of sp³-hybridized carbons (Fsp3) is 0.625. The lowest BCUT2D eigenvalue weighted by Crippen LogP contribution is -2.33. The van der Waals surface area contributed by atoms with Crippen LogP contribution < -0.4 is 10.5 Å². The molecular formula is C16H24N2O. The van der Waals surface area contributed by atoms with Crippen molar-refractivity contribution in [2.24, 2.45) is 11.1 Å². The van der Waals surface area contributed by atoms with Crippen molar-refractivity contribution in [3.05, 3.63) is 29.3 Å². The van der Waals surface area contributed by atoms with Crippen LogP contribution in [0.2, 0.25) is 0 Å². The van der Waals surface area contributed by atoms with Gasteiger partial charge in [0.1, 0.15) is 5.75 Å². The molecule has 3 heteroatoms. The summed E-state index contributed by atoms with van der Waals surface area (Å²) in [4.78, 5) is 2.32. The van der Waals surface area contributed by atoms with Crippen LogP contribution in [-0.2, 0) is 6.42 Å². The first kappa shape index (κ1) is 12.9. The second kappa shape index (κ2) is 4.80. The Bertz CT molecular complexity index is 466. The molecule has 104 valence electrons. The first-order chi connectivity index (χ1) is 9.16. The van der Waals surface area contributed by atoms with Crippen LogP contribution in [0, 0.1) is 5.41 Å². The molecule has 1 heterocycles. The molecule has 0 aromatic heterocycles. The van der Waals surface area contributed by atoms with Gasteiger partial charge in [-0.25, -0.2) is 0 Å². The van der Waals surface area contributed by atoms with Gasteiger partial charge in [-0.1, -0.05) is 12.1 Å². The van der Waals surface area contributed by atoms with Crippen LogP contribution in [0.5, 0.6) is 5.75 Å². The first-order valence-electron chi connectivity index (χ1n) is 7.28. The Balaban J connectivity index is 1.95. The van der Waals surface area contributed by atoms with E-state index < -0.39 is 0 Å². The van der Waals surface area contributed by atoms with Crippen molar-refractivity contribution < 1.29 is 4.74 Å². The third-order valence-electron chi connectivity index (χ3n) is 4.64. The molecule has 2 N–H and O–H groups in total. The number of fused-ring (bicyclic) bond motifs is 1. The van der Waals surface area contributed by atoms with Gasteiger partial charge in [-0.2, -0.15) is 0 Å².